The summed E-state index contributed by atoms with van der Waals surface area (Å²) in [6, 6.07) is 17.6. The Hall–Kier alpha value is -2.98. The SMILES string of the molecule is O=C(c1ccc(-c2cc[n+]([O-])cc2)cc1)N1CCN(S(=O)(=O)c2cc3cc(Cl)ccc3s2)CC1. The van der Waals surface area contributed by atoms with E-state index in [1.165, 1.54) is 28.0 Å². The van der Waals surface area contributed by atoms with Gasteiger partial charge in [-0.25, -0.2) is 8.42 Å². The fraction of sp³-hybridized carbons (Fsp3) is 0.167. The number of carbonyl (C=O) groups excluding carboxylic acids is 1. The highest BCUT2D eigenvalue weighted by Gasteiger charge is 2.31. The second-order valence-corrected chi connectivity index (χ2v) is 11.7. The van der Waals surface area contributed by atoms with Crippen LogP contribution in [0.3, 0.4) is 0 Å². The molecule has 10 heteroatoms. The highest BCUT2D eigenvalue weighted by atomic mass is 35.5. The number of amides is 1. The Morgan fingerprint density at radius 1 is 0.912 bits per heavy atom. The third-order valence-corrected chi connectivity index (χ3v) is 9.54. The molecule has 0 radical (unpaired) electrons. The maximum atomic E-state index is 13.2. The Morgan fingerprint density at radius 2 is 1.56 bits per heavy atom. The van der Waals surface area contributed by atoms with Gasteiger partial charge in [0, 0.05) is 53.6 Å². The van der Waals surface area contributed by atoms with E-state index in [4.69, 9.17) is 11.6 Å². The van der Waals surface area contributed by atoms with Crippen molar-refractivity contribution < 1.29 is 17.9 Å². The maximum Gasteiger partial charge on any atom is 0.253 e. The van der Waals surface area contributed by atoms with Gasteiger partial charge < -0.3 is 10.1 Å². The molecule has 0 bridgehead atoms. The monoisotopic (exact) mass is 513 g/mol. The van der Waals surface area contributed by atoms with Crippen LogP contribution < -0.4 is 4.73 Å². The first-order chi connectivity index (χ1) is 16.3. The molecule has 1 aliphatic heterocycles. The highest BCUT2D eigenvalue weighted by Crippen LogP contribution is 2.33. The van der Waals surface area contributed by atoms with Crippen LogP contribution in [0.25, 0.3) is 21.2 Å². The smallest absolute Gasteiger partial charge is 0.253 e. The van der Waals surface area contributed by atoms with Gasteiger partial charge in [0.15, 0.2) is 12.4 Å². The van der Waals surface area contributed by atoms with Gasteiger partial charge in [-0.05, 0) is 52.9 Å². The van der Waals surface area contributed by atoms with Crippen molar-refractivity contribution in [3.8, 4) is 11.1 Å². The highest BCUT2D eigenvalue weighted by molar-refractivity contribution is 7.91. The summed E-state index contributed by atoms with van der Waals surface area (Å²) in [6.07, 6.45) is 2.85. The average molecular weight is 514 g/mol. The number of piperazine rings is 1. The van der Waals surface area contributed by atoms with Crippen molar-refractivity contribution in [2.45, 2.75) is 4.21 Å². The first kappa shape index (κ1) is 22.8. The molecular formula is C24H20ClN3O4S2. The molecule has 1 amide bonds. The van der Waals surface area contributed by atoms with Crippen LogP contribution in [-0.2, 0) is 10.0 Å². The summed E-state index contributed by atoms with van der Waals surface area (Å²) in [5.41, 5.74) is 2.32. The Bertz CT molecular complexity index is 1460. The zero-order chi connectivity index (χ0) is 23.9. The molecule has 0 spiro atoms. The molecule has 34 heavy (non-hydrogen) atoms. The van der Waals surface area contributed by atoms with E-state index in [0.29, 0.717) is 23.7 Å². The molecule has 0 atom stereocenters. The van der Waals surface area contributed by atoms with Gasteiger partial charge in [0.2, 0.25) is 0 Å². The normalized spacial score (nSPS) is 15.0. The summed E-state index contributed by atoms with van der Waals surface area (Å²) in [5, 5.41) is 12.6. The lowest BCUT2D eigenvalue weighted by molar-refractivity contribution is -0.605. The van der Waals surface area contributed by atoms with Gasteiger partial charge >= 0.3 is 0 Å². The van der Waals surface area contributed by atoms with Crippen molar-refractivity contribution in [2.24, 2.45) is 0 Å². The molecule has 174 valence electrons. The van der Waals surface area contributed by atoms with Gasteiger partial charge in [-0.15, -0.1) is 11.3 Å². The number of nitrogens with zero attached hydrogens (tertiary/aromatic N) is 3. The minimum Gasteiger partial charge on any atom is -0.619 e. The molecule has 0 saturated carbocycles. The lowest BCUT2D eigenvalue weighted by atomic mass is 10.0. The van der Waals surface area contributed by atoms with Crippen LogP contribution in [0.4, 0.5) is 0 Å². The van der Waals surface area contributed by atoms with E-state index < -0.39 is 10.0 Å². The largest absolute Gasteiger partial charge is 0.619 e. The first-order valence-corrected chi connectivity index (χ1v) is 13.2. The van der Waals surface area contributed by atoms with E-state index in [0.717, 1.165) is 25.9 Å². The lowest BCUT2D eigenvalue weighted by Gasteiger charge is -2.33. The first-order valence-electron chi connectivity index (χ1n) is 10.6. The molecule has 0 unspecified atom stereocenters. The summed E-state index contributed by atoms with van der Waals surface area (Å²) >= 11 is 7.25. The van der Waals surface area contributed by atoms with E-state index in [2.05, 4.69) is 0 Å². The predicted molar refractivity (Wildman–Crippen MR) is 132 cm³/mol. The van der Waals surface area contributed by atoms with Gasteiger partial charge in [0.25, 0.3) is 15.9 Å². The number of pyridine rings is 1. The lowest BCUT2D eigenvalue weighted by Crippen LogP contribution is -2.50. The number of hydrogen-bond acceptors (Lipinski definition) is 5. The molecule has 1 saturated heterocycles. The number of thiophene rings is 1. The van der Waals surface area contributed by atoms with Crippen molar-refractivity contribution >= 4 is 49.0 Å². The number of halogens is 1. The number of rotatable bonds is 4. The molecule has 4 aromatic rings. The fourth-order valence-electron chi connectivity index (χ4n) is 3.97. The van der Waals surface area contributed by atoms with Crippen LogP contribution in [0.1, 0.15) is 10.4 Å². The quantitative estimate of drug-likeness (QED) is 0.305. The van der Waals surface area contributed by atoms with Gasteiger partial charge in [-0.2, -0.15) is 9.04 Å². The zero-order valence-corrected chi connectivity index (χ0v) is 20.3. The Kier molecular flexibility index (Phi) is 6.03. The molecule has 0 N–H and O–H groups in total. The molecule has 2 aromatic carbocycles. The number of fused-ring (bicyclic) bond motifs is 1. The van der Waals surface area contributed by atoms with Crippen LogP contribution in [-0.4, -0.2) is 49.7 Å². The third kappa shape index (κ3) is 4.39. The second kappa shape index (κ2) is 8.99. The topological polar surface area (TPSA) is 84.6 Å². The van der Waals surface area contributed by atoms with Crippen LogP contribution in [0.5, 0.6) is 0 Å². The Morgan fingerprint density at radius 3 is 2.24 bits per heavy atom. The minimum absolute atomic E-state index is 0.134. The van der Waals surface area contributed by atoms with Crippen LogP contribution in [0, 0.1) is 5.21 Å². The molecule has 1 aliphatic rings. The average Bonchev–Trinajstić information content (AvgIpc) is 3.28. The van der Waals surface area contributed by atoms with Crippen LogP contribution in [0.2, 0.25) is 5.02 Å². The zero-order valence-electron chi connectivity index (χ0n) is 17.9. The number of sulfonamides is 1. The summed E-state index contributed by atoms with van der Waals surface area (Å²) in [4.78, 5) is 14.6. The van der Waals surface area contributed by atoms with Crippen molar-refractivity contribution in [1.82, 2.24) is 9.21 Å². The maximum absolute atomic E-state index is 13.2. The second-order valence-electron chi connectivity index (χ2n) is 7.97. The number of aromatic nitrogens is 1. The van der Waals surface area contributed by atoms with Crippen molar-refractivity contribution in [3.63, 3.8) is 0 Å². The summed E-state index contributed by atoms with van der Waals surface area (Å²) < 4.78 is 29.6. The van der Waals surface area contributed by atoms with E-state index in [-0.39, 0.29) is 23.2 Å². The van der Waals surface area contributed by atoms with Crippen molar-refractivity contribution in [1.29, 1.82) is 0 Å². The van der Waals surface area contributed by atoms with Gasteiger partial charge in [-0.1, -0.05) is 23.7 Å². The minimum atomic E-state index is -3.64. The summed E-state index contributed by atoms with van der Waals surface area (Å²) in [7, 11) is -3.64. The summed E-state index contributed by atoms with van der Waals surface area (Å²) in [5.74, 6) is -0.134. The van der Waals surface area contributed by atoms with E-state index in [9.17, 15) is 18.4 Å². The fourth-order valence-corrected chi connectivity index (χ4v) is 7.10. The van der Waals surface area contributed by atoms with E-state index in [1.807, 2.05) is 18.2 Å². The molecular weight excluding hydrogens is 494 g/mol. The van der Waals surface area contributed by atoms with E-state index >= 15 is 0 Å². The predicted octanol–water partition coefficient (Wildman–Crippen LogP) is 4.00. The molecule has 0 aliphatic carbocycles. The van der Waals surface area contributed by atoms with Gasteiger partial charge in [0.05, 0.1) is 0 Å². The van der Waals surface area contributed by atoms with Gasteiger partial charge in [-0.3, -0.25) is 4.79 Å². The van der Waals surface area contributed by atoms with Crippen LogP contribution in [0.15, 0.2) is 77.3 Å². The molecule has 2 aromatic heterocycles. The van der Waals surface area contributed by atoms with Gasteiger partial charge in [0.1, 0.15) is 4.21 Å². The molecule has 1 fully saturated rings. The van der Waals surface area contributed by atoms with Crippen LogP contribution >= 0.6 is 22.9 Å². The number of benzene rings is 2. The molecule has 5 rings (SSSR count). The molecule has 3 heterocycles. The standard InChI is InChI=1S/C24H20ClN3O4S2/c25-21-5-6-22-20(15-21)16-23(33-22)34(31,32)28-13-11-26(12-14-28)24(29)19-3-1-17(2-4-19)18-7-9-27(30)10-8-18/h1-10,15-16H,11-14H2. The Balaban J connectivity index is 1.26. The third-order valence-electron chi connectivity index (χ3n) is 5.84. The molecule has 7 nitrogen and oxygen atoms in total. The van der Waals surface area contributed by atoms with E-state index in [1.54, 1.807) is 47.4 Å². The number of hydrogen-bond donors (Lipinski definition) is 0. The van der Waals surface area contributed by atoms with Crippen molar-refractivity contribution in [2.75, 3.05) is 26.2 Å². The summed E-state index contributed by atoms with van der Waals surface area (Å²) in [6.45, 7) is 1.11. The Labute approximate surface area is 206 Å². The number of carbonyl (C=O) groups is 1. The van der Waals surface area contributed by atoms with Crippen molar-refractivity contribution in [3.05, 3.63) is 88.9 Å².